The second-order valence-corrected chi connectivity index (χ2v) is 3.64. The number of rotatable bonds is 5. The van der Waals surface area contributed by atoms with Crippen molar-refractivity contribution in [2.45, 2.75) is 6.42 Å². The molecule has 0 heterocycles. The summed E-state index contributed by atoms with van der Waals surface area (Å²) in [4.78, 5) is 10.5. The van der Waals surface area contributed by atoms with Crippen LogP contribution in [0.2, 0.25) is 0 Å². The maximum absolute atomic E-state index is 13.4. The Balaban J connectivity index is 2.66. The van der Waals surface area contributed by atoms with Crippen molar-refractivity contribution in [3.8, 4) is 0 Å². The van der Waals surface area contributed by atoms with Crippen molar-refractivity contribution in [3.05, 3.63) is 29.6 Å². The lowest BCUT2D eigenvalue weighted by Crippen LogP contribution is -2.16. The number of halogens is 1. The van der Waals surface area contributed by atoms with Crippen LogP contribution in [0.25, 0.3) is 0 Å². The van der Waals surface area contributed by atoms with Crippen LogP contribution in [0.15, 0.2) is 18.2 Å². The average Bonchev–Trinajstić information content (AvgIpc) is 2.16. The predicted molar refractivity (Wildman–Crippen MR) is 64.6 cm³/mol. The number of hydrogen-bond donors (Lipinski definition) is 3. The number of thiocarbonyl (C=S) groups is 1. The summed E-state index contributed by atoms with van der Waals surface area (Å²) in [5.41, 5.74) is 11.0. The summed E-state index contributed by atoms with van der Waals surface area (Å²) >= 11 is 4.67. The van der Waals surface area contributed by atoms with E-state index in [1.807, 2.05) is 0 Å². The van der Waals surface area contributed by atoms with Gasteiger partial charge in [-0.25, -0.2) is 4.39 Å². The Kier molecular flexibility index (Phi) is 4.19. The van der Waals surface area contributed by atoms with E-state index < -0.39 is 11.7 Å². The third-order valence-electron chi connectivity index (χ3n) is 1.94. The molecule has 86 valence electrons. The molecule has 1 aromatic rings. The van der Waals surface area contributed by atoms with Crippen LogP contribution in [0.5, 0.6) is 0 Å². The van der Waals surface area contributed by atoms with E-state index in [1.54, 1.807) is 6.07 Å². The van der Waals surface area contributed by atoms with Crippen molar-refractivity contribution in [1.29, 1.82) is 0 Å². The molecule has 0 aromatic heterocycles. The Bertz CT molecular complexity index is 423. The second-order valence-electron chi connectivity index (χ2n) is 3.20. The lowest BCUT2D eigenvalue weighted by molar-refractivity contribution is -0.117. The highest BCUT2D eigenvalue weighted by Gasteiger charge is 2.05. The van der Waals surface area contributed by atoms with Gasteiger partial charge in [-0.2, -0.15) is 0 Å². The monoisotopic (exact) mass is 241 g/mol. The summed E-state index contributed by atoms with van der Waals surface area (Å²) < 4.78 is 13.4. The molecule has 1 amide bonds. The van der Waals surface area contributed by atoms with Gasteiger partial charge in [-0.05, 0) is 18.2 Å². The molecule has 4 nitrogen and oxygen atoms in total. The van der Waals surface area contributed by atoms with E-state index in [0.29, 0.717) is 12.2 Å². The first-order valence-electron chi connectivity index (χ1n) is 4.62. The van der Waals surface area contributed by atoms with E-state index in [-0.39, 0.29) is 17.0 Å². The van der Waals surface area contributed by atoms with Gasteiger partial charge in [-0.3, -0.25) is 4.79 Å². The Hall–Kier alpha value is -1.69. The van der Waals surface area contributed by atoms with E-state index >= 15 is 0 Å². The number of nitrogens with two attached hydrogens (primary N) is 2. The van der Waals surface area contributed by atoms with Crippen LogP contribution in [-0.4, -0.2) is 17.4 Å². The van der Waals surface area contributed by atoms with Crippen molar-refractivity contribution < 1.29 is 9.18 Å². The molecule has 0 spiro atoms. The van der Waals surface area contributed by atoms with Gasteiger partial charge in [0, 0.05) is 24.2 Å². The molecule has 0 radical (unpaired) electrons. The van der Waals surface area contributed by atoms with Gasteiger partial charge in [0.2, 0.25) is 5.91 Å². The highest BCUT2D eigenvalue weighted by atomic mass is 32.1. The topological polar surface area (TPSA) is 81.1 Å². The Morgan fingerprint density at radius 3 is 2.62 bits per heavy atom. The highest BCUT2D eigenvalue weighted by Crippen LogP contribution is 2.14. The molecule has 5 N–H and O–H groups in total. The van der Waals surface area contributed by atoms with Crippen molar-refractivity contribution in [3.63, 3.8) is 0 Å². The highest BCUT2D eigenvalue weighted by molar-refractivity contribution is 7.80. The molecule has 0 saturated carbocycles. The minimum atomic E-state index is -0.489. The van der Waals surface area contributed by atoms with Gasteiger partial charge in [0.25, 0.3) is 0 Å². The van der Waals surface area contributed by atoms with Crippen LogP contribution in [0.3, 0.4) is 0 Å². The Labute approximate surface area is 97.8 Å². The van der Waals surface area contributed by atoms with Gasteiger partial charge >= 0.3 is 0 Å². The lowest BCUT2D eigenvalue weighted by Gasteiger charge is -2.07. The lowest BCUT2D eigenvalue weighted by atomic mass is 10.2. The van der Waals surface area contributed by atoms with Crippen LogP contribution in [0.1, 0.15) is 12.0 Å². The molecular weight excluding hydrogens is 229 g/mol. The molecule has 1 rings (SSSR count). The number of amides is 1. The van der Waals surface area contributed by atoms with Crippen LogP contribution in [0.4, 0.5) is 10.1 Å². The fourth-order valence-corrected chi connectivity index (χ4v) is 1.32. The van der Waals surface area contributed by atoms with Crippen LogP contribution < -0.4 is 16.8 Å². The Morgan fingerprint density at radius 2 is 2.12 bits per heavy atom. The van der Waals surface area contributed by atoms with E-state index in [9.17, 15) is 9.18 Å². The molecule has 0 atom stereocenters. The second kappa shape index (κ2) is 5.41. The standard InChI is InChI=1S/C10H12FN3OS/c11-8-5-6(14-4-3-9(12)15)1-2-7(8)10(13)16/h1-2,5,14H,3-4H2,(H2,12,15)(H2,13,16). The molecule has 0 fully saturated rings. The summed E-state index contributed by atoms with van der Waals surface area (Å²) in [5, 5.41) is 2.86. The smallest absolute Gasteiger partial charge is 0.219 e. The maximum atomic E-state index is 13.4. The summed E-state index contributed by atoms with van der Waals surface area (Å²) in [5.74, 6) is -0.899. The Morgan fingerprint density at radius 1 is 1.44 bits per heavy atom. The van der Waals surface area contributed by atoms with Crippen LogP contribution >= 0.6 is 12.2 Å². The van der Waals surface area contributed by atoms with E-state index in [4.69, 9.17) is 11.5 Å². The van der Waals surface area contributed by atoms with Crippen molar-refractivity contribution >= 4 is 28.8 Å². The maximum Gasteiger partial charge on any atom is 0.219 e. The first-order chi connectivity index (χ1) is 7.50. The summed E-state index contributed by atoms with van der Waals surface area (Å²) in [6, 6.07) is 4.40. The fraction of sp³-hybridized carbons (Fsp3) is 0.200. The van der Waals surface area contributed by atoms with E-state index in [2.05, 4.69) is 17.5 Å². The zero-order valence-corrected chi connectivity index (χ0v) is 9.31. The first kappa shape index (κ1) is 12.4. The summed E-state index contributed by atoms with van der Waals surface area (Å²) in [7, 11) is 0. The molecule has 6 heteroatoms. The van der Waals surface area contributed by atoms with Crippen LogP contribution in [0, 0.1) is 5.82 Å². The third kappa shape index (κ3) is 3.47. The number of nitrogens with one attached hydrogen (secondary N) is 1. The largest absolute Gasteiger partial charge is 0.389 e. The first-order valence-corrected chi connectivity index (χ1v) is 5.03. The van der Waals surface area contributed by atoms with Gasteiger partial charge in [0.15, 0.2) is 0 Å². The summed E-state index contributed by atoms with van der Waals surface area (Å²) in [6.07, 6.45) is 0.193. The number of hydrogen-bond acceptors (Lipinski definition) is 3. The minimum absolute atomic E-state index is 0.0150. The van der Waals surface area contributed by atoms with Gasteiger partial charge in [-0.15, -0.1) is 0 Å². The number of carbonyl (C=O) groups is 1. The normalized spacial score (nSPS) is 9.81. The van der Waals surface area contributed by atoms with Crippen molar-refractivity contribution in [2.75, 3.05) is 11.9 Å². The van der Waals surface area contributed by atoms with Gasteiger partial charge < -0.3 is 16.8 Å². The minimum Gasteiger partial charge on any atom is -0.389 e. The zero-order valence-electron chi connectivity index (χ0n) is 8.50. The number of carbonyl (C=O) groups excluding carboxylic acids is 1. The van der Waals surface area contributed by atoms with E-state index in [0.717, 1.165) is 0 Å². The fourth-order valence-electron chi connectivity index (χ4n) is 1.15. The molecular formula is C10H12FN3OS. The molecule has 0 saturated heterocycles. The number of primary amides is 1. The van der Waals surface area contributed by atoms with Gasteiger partial charge in [-0.1, -0.05) is 12.2 Å². The molecule has 0 aliphatic carbocycles. The SMILES string of the molecule is NC(=O)CCNc1ccc(C(N)=S)c(F)c1. The van der Waals surface area contributed by atoms with Crippen molar-refractivity contribution in [1.82, 2.24) is 0 Å². The van der Waals surface area contributed by atoms with Crippen molar-refractivity contribution in [2.24, 2.45) is 11.5 Å². The summed E-state index contributed by atoms with van der Waals surface area (Å²) in [6.45, 7) is 0.362. The van der Waals surface area contributed by atoms with Gasteiger partial charge in [0.1, 0.15) is 10.8 Å². The van der Waals surface area contributed by atoms with Gasteiger partial charge in [0.05, 0.1) is 0 Å². The molecule has 0 bridgehead atoms. The number of benzene rings is 1. The molecule has 16 heavy (non-hydrogen) atoms. The number of anilines is 1. The molecule has 0 aliphatic heterocycles. The average molecular weight is 241 g/mol. The van der Waals surface area contributed by atoms with Crippen LogP contribution in [-0.2, 0) is 4.79 Å². The zero-order chi connectivity index (χ0) is 12.1. The quantitative estimate of drug-likeness (QED) is 0.664. The van der Waals surface area contributed by atoms with E-state index in [1.165, 1.54) is 12.1 Å². The third-order valence-corrected chi connectivity index (χ3v) is 2.15. The molecule has 0 unspecified atom stereocenters. The molecule has 1 aromatic carbocycles. The predicted octanol–water partition coefficient (Wildman–Crippen LogP) is 0.747. The molecule has 0 aliphatic rings.